The van der Waals surface area contributed by atoms with Crippen LogP contribution in [0.25, 0.3) is 0 Å². The van der Waals surface area contributed by atoms with E-state index in [1.54, 1.807) is 13.2 Å². The number of halogens is 1. The summed E-state index contributed by atoms with van der Waals surface area (Å²) in [7, 11) is 1.60. The van der Waals surface area contributed by atoms with E-state index >= 15 is 0 Å². The van der Waals surface area contributed by atoms with Crippen LogP contribution in [0.2, 0.25) is 0 Å². The monoisotopic (exact) mass is 232 g/mol. The van der Waals surface area contributed by atoms with Crippen LogP contribution in [0.3, 0.4) is 0 Å². The fraction of sp³-hybridized carbons (Fsp3) is 0.154. The first-order valence-corrected chi connectivity index (χ1v) is 5.21. The minimum atomic E-state index is -0.384. The van der Waals surface area contributed by atoms with Crippen LogP contribution in [0.1, 0.15) is 17.3 Å². The van der Waals surface area contributed by atoms with E-state index in [4.69, 9.17) is 10.5 Å². The molecule has 0 spiro atoms. The number of hydrogen-bond acceptors (Lipinski definition) is 3. The lowest BCUT2D eigenvalue weighted by Gasteiger charge is -2.12. The summed E-state index contributed by atoms with van der Waals surface area (Å²) in [6, 6.07) is 9.98. The van der Waals surface area contributed by atoms with Crippen molar-refractivity contribution in [3.8, 4) is 5.75 Å². The number of hydrogen-bond donors (Lipinski definition) is 1. The van der Waals surface area contributed by atoms with Gasteiger partial charge in [-0.2, -0.15) is 0 Å². The second kappa shape index (κ2) is 4.93. The van der Waals surface area contributed by atoms with Crippen molar-refractivity contribution in [2.75, 3.05) is 7.11 Å². The summed E-state index contributed by atoms with van der Waals surface area (Å²) in [6.07, 6.45) is 1.16. The van der Waals surface area contributed by atoms with Crippen LogP contribution in [-0.2, 0) is 0 Å². The topological polar surface area (TPSA) is 48.1 Å². The van der Waals surface area contributed by atoms with Gasteiger partial charge in [-0.05, 0) is 29.8 Å². The van der Waals surface area contributed by atoms with E-state index < -0.39 is 0 Å². The lowest BCUT2D eigenvalue weighted by Crippen LogP contribution is -2.13. The zero-order valence-corrected chi connectivity index (χ0v) is 9.43. The maximum absolute atomic E-state index is 12.7. The van der Waals surface area contributed by atoms with Gasteiger partial charge in [0.25, 0.3) is 0 Å². The van der Waals surface area contributed by atoms with Gasteiger partial charge in [-0.3, -0.25) is 4.98 Å². The maximum Gasteiger partial charge on any atom is 0.141 e. The Kier molecular flexibility index (Phi) is 3.35. The lowest BCUT2D eigenvalue weighted by molar-refractivity contribution is 0.414. The fourth-order valence-corrected chi connectivity index (χ4v) is 1.58. The minimum absolute atomic E-state index is 0.369. The molecule has 0 aliphatic carbocycles. The molecule has 2 N–H and O–H groups in total. The Morgan fingerprint density at radius 3 is 2.76 bits per heavy atom. The largest absolute Gasteiger partial charge is 0.497 e. The summed E-state index contributed by atoms with van der Waals surface area (Å²) in [5.74, 6) is 0.367. The smallest absolute Gasteiger partial charge is 0.141 e. The average molecular weight is 232 g/mol. The van der Waals surface area contributed by atoms with Gasteiger partial charge in [0.2, 0.25) is 0 Å². The average Bonchev–Trinajstić information content (AvgIpc) is 2.39. The predicted molar refractivity (Wildman–Crippen MR) is 63.2 cm³/mol. The molecule has 0 aliphatic heterocycles. The van der Waals surface area contributed by atoms with Gasteiger partial charge in [-0.1, -0.05) is 12.1 Å². The van der Waals surface area contributed by atoms with Crippen LogP contribution in [0.15, 0.2) is 42.6 Å². The highest BCUT2D eigenvalue weighted by molar-refractivity contribution is 5.34. The van der Waals surface area contributed by atoms with Crippen LogP contribution >= 0.6 is 0 Å². The molecule has 88 valence electrons. The van der Waals surface area contributed by atoms with Gasteiger partial charge >= 0.3 is 0 Å². The van der Waals surface area contributed by atoms with E-state index in [1.807, 2.05) is 24.3 Å². The maximum atomic E-state index is 12.7. The highest BCUT2D eigenvalue weighted by Crippen LogP contribution is 2.21. The summed E-state index contributed by atoms with van der Waals surface area (Å²) in [5.41, 5.74) is 7.55. The van der Waals surface area contributed by atoms with Crippen LogP contribution in [0.5, 0.6) is 5.75 Å². The molecule has 1 heterocycles. The molecule has 0 saturated carbocycles. The Hall–Kier alpha value is -1.94. The molecule has 3 nitrogen and oxygen atoms in total. The summed E-state index contributed by atoms with van der Waals surface area (Å²) >= 11 is 0. The molecule has 0 amide bonds. The Balaban J connectivity index is 2.29. The second-order valence-electron chi connectivity index (χ2n) is 3.66. The molecule has 1 aromatic heterocycles. The van der Waals surface area contributed by atoms with E-state index in [9.17, 15) is 4.39 Å². The fourth-order valence-electron chi connectivity index (χ4n) is 1.58. The molecule has 0 saturated heterocycles. The Bertz CT molecular complexity index is 499. The highest BCUT2D eigenvalue weighted by Gasteiger charge is 2.10. The third-order valence-electron chi connectivity index (χ3n) is 2.52. The van der Waals surface area contributed by atoms with Crippen molar-refractivity contribution in [1.29, 1.82) is 0 Å². The van der Waals surface area contributed by atoms with Gasteiger partial charge in [0, 0.05) is 0 Å². The van der Waals surface area contributed by atoms with Gasteiger partial charge in [0.05, 0.1) is 25.0 Å². The van der Waals surface area contributed by atoms with E-state index in [2.05, 4.69) is 4.98 Å². The first-order chi connectivity index (χ1) is 8.20. The molecule has 0 radical (unpaired) electrons. The van der Waals surface area contributed by atoms with Crippen molar-refractivity contribution >= 4 is 0 Å². The number of nitrogens with two attached hydrogens (primary N) is 1. The van der Waals surface area contributed by atoms with Crippen molar-refractivity contribution < 1.29 is 9.13 Å². The first kappa shape index (κ1) is 11.5. The number of nitrogens with zero attached hydrogens (tertiary/aromatic N) is 1. The molecule has 2 rings (SSSR count). The minimum Gasteiger partial charge on any atom is -0.497 e. The van der Waals surface area contributed by atoms with Gasteiger partial charge in [-0.25, -0.2) is 4.39 Å². The summed E-state index contributed by atoms with van der Waals surface area (Å²) in [5, 5.41) is 0. The molecule has 0 fully saturated rings. The third-order valence-corrected chi connectivity index (χ3v) is 2.52. The van der Waals surface area contributed by atoms with Crippen LogP contribution in [0.4, 0.5) is 4.39 Å². The zero-order chi connectivity index (χ0) is 12.3. The van der Waals surface area contributed by atoms with E-state index in [-0.39, 0.29) is 11.9 Å². The van der Waals surface area contributed by atoms with Crippen LogP contribution < -0.4 is 10.5 Å². The van der Waals surface area contributed by atoms with Crippen molar-refractivity contribution in [2.45, 2.75) is 6.04 Å². The first-order valence-electron chi connectivity index (χ1n) is 5.21. The van der Waals surface area contributed by atoms with Gasteiger partial charge in [-0.15, -0.1) is 0 Å². The third kappa shape index (κ3) is 2.60. The summed E-state index contributed by atoms with van der Waals surface area (Å²) in [6.45, 7) is 0. The van der Waals surface area contributed by atoms with Crippen molar-refractivity contribution in [3.63, 3.8) is 0 Å². The highest BCUT2D eigenvalue weighted by atomic mass is 19.1. The molecule has 1 atom stereocenters. The standard InChI is InChI=1S/C13H13FN2O/c1-17-11-4-2-3-9(7-11)13(15)12-6-5-10(14)8-16-12/h2-8,13H,15H2,1H3. The van der Waals surface area contributed by atoms with Gasteiger partial charge in [0.1, 0.15) is 11.6 Å². The van der Waals surface area contributed by atoms with E-state index in [0.29, 0.717) is 5.69 Å². The molecule has 1 unspecified atom stereocenters. The number of rotatable bonds is 3. The quantitative estimate of drug-likeness (QED) is 0.883. The Morgan fingerprint density at radius 1 is 1.29 bits per heavy atom. The van der Waals surface area contributed by atoms with Crippen molar-refractivity contribution in [2.24, 2.45) is 5.73 Å². The number of methoxy groups -OCH3 is 1. The molecule has 4 heteroatoms. The Morgan fingerprint density at radius 2 is 2.12 bits per heavy atom. The molecule has 0 aliphatic rings. The van der Waals surface area contributed by atoms with Gasteiger partial charge in [0.15, 0.2) is 0 Å². The lowest BCUT2D eigenvalue weighted by atomic mass is 10.0. The molecule has 2 aromatic rings. The van der Waals surface area contributed by atoms with Gasteiger partial charge < -0.3 is 10.5 Å². The summed E-state index contributed by atoms with van der Waals surface area (Å²) in [4.78, 5) is 3.97. The normalized spacial score (nSPS) is 12.2. The van der Waals surface area contributed by atoms with Crippen LogP contribution in [0, 0.1) is 5.82 Å². The van der Waals surface area contributed by atoms with Crippen LogP contribution in [-0.4, -0.2) is 12.1 Å². The number of ether oxygens (including phenoxy) is 1. The molecule has 1 aromatic carbocycles. The molecular formula is C13H13FN2O. The second-order valence-corrected chi connectivity index (χ2v) is 3.66. The number of pyridine rings is 1. The predicted octanol–water partition coefficient (Wildman–Crippen LogP) is 2.28. The molecule has 0 bridgehead atoms. The van der Waals surface area contributed by atoms with Crippen molar-refractivity contribution in [1.82, 2.24) is 4.98 Å². The molecule has 17 heavy (non-hydrogen) atoms. The Labute approximate surface area is 99.1 Å². The summed E-state index contributed by atoms with van der Waals surface area (Å²) < 4.78 is 17.9. The number of benzene rings is 1. The zero-order valence-electron chi connectivity index (χ0n) is 9.43. The van der Waals surface area contributed by atoms with E-state index in [0.717, 1.165) is 17.5 Å². The number of aromatic nitrogens is 1. The SMILES string of the molecule is COc1cccc(C(N)c2ccc(F)cn2)c1. The van der Waals surface area contributed by atoms with Crippen molar-refractivity contribution in [3.05, 3.63) is 59.7 Å². The van der Waals surface area contributed by atoms with E-state index in [1.165, 1.54) is 6.07 Å². The molecular weight excluding hydrogens is 219 g/mol.